The largest absolute Gasteiger partial charge is 0.369 e. The van der Waals surface area contributed by atoms with Gasteiger partial charge in [-0.15, -0.1) is 0 Å². The van der Waals surface area contributed by atoms with Crippen LogP contribution in [0.15, 0.2) is 0 Å². The van der Waals surface area contributed by atoms with E-state index in [1.807, 2.05) is 0 Å². The smallest absolute Gasteiger partial charge is 0.0962 e. The van der Waals surface area contributed by atoms with E-state index >= 15 is 0 Å². The number of epoxide rings is 1. The Labute approximate surface area is 56.6 Å². The van der Waals surface area contributed by atoms with Crippen molar-refractivity contribution in [1.29, 1.82) is 0 Å². The van der Waals surface area contributed by atoms with Gasteiger partial charge in [-0.1, -0.05) is 6.92 Å². The number of hydrogen-bond donors (Lipinski definition) is 1. The van der Waals surface area contributed by atoms with E-state index < -0.39 is 0 Å². The molecule has 2 atom stereocenters. The first-order valence-electron chi connectivity index (χ1n) is 3.70. The number of ether oxygens (including phenoxy) is 1. The molecule has 0 spiro atoms. The molecule has 1 saturated heterocycles. The van der Waals surface area contributed by atoms with Crippen molar-refractivity contribution < 1.29 is 4.74 Å². The molecule has 1 N–H and O–H groups in total. The topological polar surface area (TPSA) is 24.6 Å². The standard InChI is InChI=1S/C7H15NO/c1-3-4-8-5-7-6(2)9-7/h6-8H,3-5H2,1-2H3/t6-,7+/m1/s1. The Morgan fingerprint density at radius 2 is 2.22 bits per heavy atom. The van der Waals surface area contributed by atoms with Crippen LogP contribution in [0.3, 0.4) is 0 Å². The third-order valence-electron chi connectivity index (χ3n) is 1.61. The average Bonchev–Trinajstić information content (AvgIpc) is 2.48. The van der Waals surface area contributed by atoms with Crippen molar-refractivity contribution in [3.8, 4) is 0 Å². The summed E-state index contributed by atoms with van der Waals surface area (Å²) in [5, 5.41) is 3.30. The molecule has 0 saturated carbocycles. The van der Waals surface area contributed by atoms with E-state index in [1.54, 1.807) is 0 Å². The van der Waals surface area contributed by atoms with Crippen LogP contribution in [0, 0.1) is 0 Å². The van der Waals surface area contributed by atoms with Crippen LogP contribution in [0.2, 0.25) is 0 Å². The van der Waals surface area contributed by atoms with Crippen LogP contribution in [-0.2, 0) is 4.74 Å². The van der Waals surface area contributed by atoms with E-state index in [-0.39, 0.29) is 0 Å². The summed E-state index contributed by atoms with van der Waals surface area (Å²) >= 11 is 0. The van der Waals surface area contributed by atoms with Gasteiger partial charge in [-0.3, -0.25) is 0 Å². The first-order valence-corrected chi connectivity index (χ1v) is 3.70. The molecule has 0 radical (unpaired) electrons. The van der Waals surface area contributed by atoms with E-state index in [4.69, 9.17) is 4.74 Å². The fourth-order valence-electron chi connectivity index (χ4n) is 0.866. The molecule has 2 heteroatoms. The minimum Gasteiger partial charge on any atom is -0.369 e. The summed E-state index contributed by atoms with van der Waals surface area (Å²) in [6, 6.07) is 0. The molecule has 0 aromatic carbocycles. The summed E-state index contributed by atoms with van der Waals surface area (Å²) in [7, 11) is 0. The van der Waals surface area contributed by atoms with Crippen LogP contribution in [0.5, 0.6) is 0 Å². The normalized spacial score (nSPS) is 32.7. The van der Waals surface area contributed by atoms with E-state index in [1.165, 1.54) is 6.42 Å². The lowest BCUT2D eigenvalue weighted by molar-refractivity contribution is 0.371. The second-order valence-electron chi connectivity index (χ2n) is 2.58. The highest BCUT2D eigenvalue weighted by Gasteiger charge is 2.32. The molecule has 1 heterocycles. The molecule has 1 aliphatic rings. The molecule has 1 aliphatic heterocycles. The second-order valence-corrected chi connectivity index (χ2v) is 2.58. The first kappa shape index (κ1) is 7.03. The van der Waals surface area contributed by atoms with Gasteiger partial charge in [-0.2, -0.15) is 0 Å². The highest BCUT2D eigenvalue weighted by atomic mass is 16.6. The van der Waals surface area contributed by atoms with Gasteiger partial charge in [-0.25, -0.2) is 0 Å². The van der Waals surface area contributed by atoms with E-state index in [2.05, 4.69) is 19.2 Å². The lowest BCUT2D eigenvalue weighted by Gasteiger charge is -1.96. The van der Waals surface area contributed by atoms with Crippen molar-refractivity contribution in [1.82, 2.24) is 5.32 Å². The van der Waals surface area contributed by atoms with E-state index in [9.17, 15) is 0 Å². The van der Waals surface area contributed by atoms with Crippen LogP contribution >= 0.6 is 0 Å². The average molecular weight is 129 g/mol. The molecular formula is C7H15NO. The van der Waals surface area contributed by atoms with Gasteiger partial charge < -0.3 is 10.1 Å². The van der Waals surface area contributed by atoms with Crippen LogP contribution in [-0.4, -0.2) is 25.3 Å². The maximum absolute atomic E-state index is 5.20. The zero-order chi connectivity index (χ0) is 6.69. The minimum atomic E-state index is 0.509. The summed E-state index contributed by atoms with van der Waals surface area (Å²) in [4.78, 5) is 0. The van der Waals surface area contributed by atoms with Crippen LogP contribution in [0.25, 0.3) is 0 Å². The lowest BCUT2D eigenvalue weighted by Crippen LogP contribution is -2.20. The fraction of sp³-hybridized carbons (Fsp3) is 1.00. The number of hydrogen-bond acceptors (Lipinski definition) is 2. The molecule has 0 unspecified atom stereocenters. The molecule has 0 amide bonds. The molecule has 9 heavy (non-hydrogen) atoms. The molecule has 0 aromatic rings. The highest BCUT2D eigenvalue weighted by molar-refractivity contribution is 4.81. The molecule has 54 valence electrons. The Bertz CT molecular complexity index is 85.0. The monoisotopic (exact) mass is 129 g/mol. The van der Waals surface area contributed by atoms with Gasteiger partial charge in [0, 0.05) is 6.54 Å². The molecule has 0 aliphatic carbocycles. The van der Waals surface area contributed by atoms with Gasteiger partial charge in [0.05, 0.1) is 12.2 Å². The summed E-state index contributed by atoms with van der Waals surface area (Å²) in [6.07, 6.45) is 2.23. The first-order chi connectivity index (χ1) is 4.34. The van der Waals surface area contributed by atoms with Crippen molar-refractivity contribution in [2.75, 3.05) is 13.1 Å². The van der Waals surface area contributed by atoms with E-state index in [0.29, 0.717) is 12.2 Å². The Hall–Kier alpha value is -0.0800. The number of rotatable bonds is 4. The summed E-state index contributed by atoms with van der Waals surface area (Å²) < 4.78 is 5.20. The van der Waals surface area contributed by atoms with Crippen molar-refractivity contribution in [3.63, 3.8) is 0 Å². The molecule has 2 nitrogen and oxygen atoms in total. The van der Waals surface area contributed by atoms with Gasteiger partial charge in [-0.05, 0) is 19.9 Å². The van der Waals surface area contributed by atoms with Crippen LogP contribution < -0.4 is 5.32 Å². The Morgan fingerprint density at radius 3 is 2.67 bits per heavy atom. The van der Waals surface area contributed by atoms with Gasteiger partial charge in [0.2, 0.25) is 0 Å². The Morgan fingerprint density at radius 1 is 1.56 bits per heavy atom. The fourth-order valence-corrected chi connectivity index (χ4v) is 0.866. The highest BCUT2D eigenvalue weighted by Crippen LogP contribution is 2.19. The van der Waals surface area contributed by atoms with Crippen molar-refractivity contribution in [3.05, 3.63) is 0 Å². The third kappa shape index (κ3) is 2.33. The predicted molar refractivity (Wildman–Crippen MR) is 37.5 cm³/mol. The quantitative estimate of drug-likeness (QED) is 0.448. The lowest BCUT2D eigenvalue weighted by atomic mass is 10.3. The van der Waals surface area contributed by atoms with Crippen LogP contribution in [0.1, 0.15) is 20.3 Å². The zero-order valence-corrected chi connectivity index (χ0v) is 6.18. The maximum atomic E-state index is 5.20. The van der Waals surface area contributed by atoms with Gasteiger partial charge in [0.1, 0.15) is 0 Å². The second kappa shape index (κ2) is 3.18. The predicted octanol–water partition coefficient (Wildman–Crippen LogP) is 0.773. The van der Waals surface area contributed by atoms with Crippen molar-refractivity contribution >= 4 is 0 Å². The Balaban J connectivity index is 1.83. The molecular weight excluding hydrogens is 114 g/mol. The minimum absolute atomic E-state index is 0.509. The molecule has 0 bridgehead atoms. The van der Waals surface area contributed by atoms with E-state index in [0.717, 1.165) is 13.1 Å². The Kier molecular flexibility index (Phi) is 2.49. The molecule has 1 rings (SSSR count). The molecule has 0 aromatic heterocycles. The van der Waals surface area contributed by atoms with Crippen molar-refractivity contribution in [2.45, 2.75) is 32.5 Å². The van der Waals surface area contributed by atoms with Gasteiger partial charge >= 0.3 is 0 Å². The maximum Gasteiger partial charge on any atom is 0.0962 e. The summed E-state index contributed by atoms with van der Waals surface area (Å²) in [6.45, 7) is 6.43. The summed E-state index contributed by atoms with van der Waals surface area (Å²) in [5.74, 6) is 0. The molecule has 1 fully saturated rings. The van der Waals surface area contributed by atoms with Crippen LogP contribution in [0.4, 0.5) is 0 Å². The third-order valence-corrected chi connectivity index (χ3v) is 1.61. The van der Waals surface area contributed by atoms with Gasteiger partial charge in [0.25, 0.3) is 0 Å². The van der Waals surface area contributed by atoms with Gasteiger partial charge in [0.15, 0.2) is 0 Å². The zero-order valence-electron chi connectivity index (χ0n) is 6.18. The SMILES string of the molecule is CCCNC[C@@H]1O[C@@H]1C. The number of nitrogens with one attached hydrogen (secondary N) is 1. The van der Waals surface area contributed by atoms with Crippen molar-refractivity contribution in [2.24, 2.45) is 0 Å². The summed E-state index contributed by atoms with van der Waals surface area (Å²) in [5.41, 5.74) is 0.